The first-order valence-electron chi connectivity index (χ1n) is 14.5. The van der Waals surface area contributed by atoms with E-state index in [2.05, 4.69) is 27.9 Å². The lowest BCUT2D eigenvalue weighted by molar-refractivity contribution is -0.897. The molecule has 198 valence electrons. The van der Waals surface area contributed by atoms with Gasteiger partial charge in [-0.05, 0) is 25.7 Å². The fourth-order valence-electron chi connectivity index (χ4n) is 5.06. The number of likely N-dealkylation sites (N-methyl/N-ethyl adjacent to an activating group) is 1. The molecule has 0 aromatic heterocycles. The summed E-state index contributed by atoms with van der Waals surface area (Å²) < 4.78 is 0.767. The predicted molar refractivity (Wildman–Crippen MR) is 143 cm³/mol. The molecular weight excluding hydrogens is 410 g/mol. The second kappa shape index (κ2) is 20.7. The first kappa shape index (κ1) is 32.4. The summed E-state index contributed by atoms with van der Waals surface area (Å²) in [4.78, 5) is 10.7. The quantitative estimate of drug-likeness (QED) is 0.105. The van der Waals surface area contributed by atoms with Gasteiger partial charge in [0.2, 0.25) is 0 Å². The molecule has 0 bridgehead atoms. The Labute approximate surface area is 207 Å². The molecule has 0 aliphatic heterocycles. The van der Waals surface area contributed by atoms with Crippen LogP contribution in [0, 0.1) is 0 Å². The Bertz CT molecular complexity index is 452. The summed E-state index contributed by atoms with van der Waals surface area (Å²) in [6.07, 6.45) is 25.5. The second-order valence-electron chi connectivity index (χ2n) is 11.3. The molecule has 0 aliphatic carbocycles. The number of carboxylic acids is 1. The van der Waals surface area contributed by atoms with E-state index in [1.54, 1.807) is 0 Å². The molecule has 4 heteroatoms. The average Bonchev–Trinajstić information content (AvgIpc) is 2.76. The zero-order valence-electron chi connectivity index (χ0n) is 23.0. The lowest BCUT2D eigenvalue weighted by atomic mass is 9.91. The molecule has 0 radical (unpaired) electrons. The topological polar surface area (TPSA) is 57.5 Å². The molecule has 0 aromatic carbocycles. The predicted octanol–water partition coefficient (Wildman–Crippen LogP) is 8.11. The van der Waals surface area contributed by atoms with Gasteiger partial charge in [0.1, 0.15) is 12.1 Å². The smallest absolute Gasteiger partial charge is 0.303 e. The number of aliphatic carboxylic acids is 1. The van der Waals surface area contributed by atoms with Gasteiger partial charge in [0.15, 0.2) is 0 Å². The van der Waals surface area contributed by atoms with Crippen molar-refractivity contribution in [3.63, 3.8) is 0 Å². The standard InChI is InChI=1S/C29H59NO3/c1-5-7-8-9-10-11-12-13-14-15-16-17-18-19-20-22-25-29(33,6-2)27-30(3,4)26-23-21-24-28(31)32/h33H,5-27H2,1-4H3/p+1. The fraction of sp³-hybridized carbons (Fsp3) is 0.966. The third-order valence-electron chi connectivity index (χ3n) is 7.28. The van der Waals surface area contributed by atoms with Crippen LogP contribution < -0.4 is 0 Å². The summed E-state index contributed by atoms with van der Waals surface area (Å²) >= 11 is 0. The molecule has 0 heterocycles. The van der Waals surface area contributed by atoms with Crippen LogP contribution in [-0.2, 0) is 4.79 Å². The molecule has 0 fully saturated rings. The Balaban J connectivity index is 3.67. The third kappa shape index (κ3) is 21.6. The summed E-state index contributed by atoms with van der Waals surface area (Å²) in [5.74, 6) is -0.714. The highest BCUT2D eigenvalue weighted by Crippen LogP contribution is 2.24. The van der Waals surface area contributed by atoms with Crippen molar-refractivity contribution in [1.82, 2.24) is 0 Å². The van der Waals surface area contributed by atoms with Gasteiger partial charge in [-0.3, -0.25) is 4.79 Å². The highest BCUT2D eigenvalue weighted by Gasteiger charge is 2.32. The summed E-state index contributed by atoms with van der Waals surface area (Å²) in [6, 6.07) is 0. The van der Waals surface area contributed by atoms with Gasteiger partial charge >= 0.3 is 5.97 Å². The van der Waals surface area contributed by atoms with Crippen LogP contribution in [0.15, 0.2) is 0 Å². The summed E-state index contributed by atoms with van der Waals surface area (Å²) in [5, 5.41) is 19.9. The molecule has 0 aliphatic rings. The summed E-state index contributed by atoms with van der Waals surface area (Å²) in [6.45, 7) is 6.06. The molecule has 2 N–H and O–H groups in total. The van der Waals surface area contributed by atoms with E-state index in [1.165, 1.54) is 96.3 Å². The number of rotatable bonds is 25. The van der Waals surface area contributed by atoms with Gasteiger partial charge in [-0.1, -0.05) is 117 Å². The Hall–Kier alpha value is -0.610. The number of hydrogen-bond acceptors (Lipinski definition) is 2. The maximum Gasteiger partial charge on any atom is 0.303 e. The van der Waals surface area contributed by atoms with E-state index in [-0.39, 0.29) is 6.42 Å². The molecule has 4 nitrogen and oxygen atoms in total. The maximum absolute atomic E-state index is 11.1. The molecule has 0 saturated heterocycles. The van der Waals surface area contributed by atoms with Crippen molar-refractivity contribution >= 4 is 5.97 Å². The zero-order valence-corrected chi connectivity index (χ0v) is 23.0. The van der Waals surface area contributed by atoms with Gasteiger partial charge in [0.25, 0.3) is 0 Å². The number of nitrogens with zero attached hydrogens (tertiary/aromatic N) is 1. The van der Waals surface area contributed by atoms with E-state index in [4.69, 9.17) is 5.11 Å². The third-order valence-corrected chi connectivity index (χ3v) is 7.28. The van der Waals surface area contributed by atoms with E-state index < -0.39 is 11.6 Å². The number of hydrogen-bond donors (Lipinski definition) is 2. The monoisotopic (exact) mass is 470 g/mol. The molecule has 0 saturated carbocycles. The van der Waals surface area contributed by atoms with E-state index in [1.807, 2.05) is 0 Å². The van der Waals surface area contributed by atoms with Crippen LogP contribution in [0.1, 0.15) is 149 Å². The molecule has 0 aromatic rings. The maximum atomic E-state index is 11.1. The second-order valence-corrected chi connectivity index (χ2v) is 11.3. The Morgan fingerprint density at radius 1 is 0.667 bits per heavy atom. The van der Waals surface area contributed by atoms with E-state index >= 15 is 0 Å². The van der Waals surface area contributed by atoms with E-state index in [0.717, 1.165) is 49.7 Å². The van der Waals surface area contributed by atoms with Gasteiger partial charge < -0.3 is 14.7 Å². The minimum Gasteiger partial charge on any atom is -0.481 e. The lowest BCUT2D eigenvalue weighted by Gasteiger charge is -2.38. The van der Waals surface area contributed by atoms with E-state index in [9.17, 15) is 9.90 Å². The van der Waals surface area contributed by atoms with Crippen LogP contribution in [0.3, 0.4) is 0 Å². The van der Waals surface area contributed by atoms with Crippen molar-refractivity contribution in [1.29, 1.82) is 0 Å². The Morgan fingerprint density at radius 3 is 1.48 bits per heavy atom. The Morgan fingerprint density at radius 2 is 1.09 bits per heavy atom. The van der Waals surface area contributed by atoms with Crippen LogP contribution >= 0.6 is 0 Å². The molecule has 0 rings (SSSR count). The van der Waals surface area contributed by atoms with Crippen LogP contribution in [-0.4, -0.2) is 53.5 Å². The fourth-order valence-corrected chi connectivity index (χ4v) is 5.06. The van der Waals surface area contributed by atoms with E-state index in [0.29, 0.717) is 0 Å². The average molecular weight is 471 g/mol. The normalized spacial score (nSPS) is 13.8. The minimum absolute atomic E-state index is 0.247. The Kier molecular flexibility index (Phi) is 20.4. The molecule has 1 atom stereocenters. The number of quaternary nitrogens is 1. The van der Waals surface area contributed by atoms with Crippen molar-refractivity contribution in [2.24, 2.45) is 0 Å². The SMILES string of the molecule is CCCCCCCCCCCCCCCCCCC(O)(CC)C[N+](C)(C)CCCCC(=O)O. The first-order chi connectivity index (χ1) is 15.7. The largest absolute Gasteiger partial charge is 0.481 e. The first-order valence-corrected chi connectivity index (χ1v) is 14.5. The number of aliphatic hydroxyl groups is 1. The van der Waals surface area contributed by atoms with Crippen LogP contribution in [0.2, 0.25) is 0 Å². The summed E-state index contributed by atoms with van der Waals surface area (Å²) in [5.41, 5.74) is -0.591. The highest BCUT2D eigenvalue weighted by molar-refractivity contribution is 5.66. The van der Waals surface area contributed by atoms with Gasteiger partial charge in [-0.15, -0.1) is 0 Å². The molecular formula is C29H60NO3+. The van der Waals surface area contributed by atoms with Gasteiger partial charge in [-0.2, -0.15) is 0 Å². The minimum atomic E-state index is -0.714. The van der Waals surface area contributed by atoms with Crippen molar-refractivity contribution in [2.75, 3.05) is 27.2 Å². The van der Waals surface area contributed by atoms with Crippen molar-refractivity contribution in [3.8, 4) is 0 Å². The highest BCUT2D eigenvalue weighted by atomic mass is 16.4. The van der Waals surface area contributed by atoms with Gasteiger partial charge in [-0.25, -0.2) is 0 Å². The van der Waals surface area contributed by atoms with Crippen molar-refractivity contribution in [2.45, 2.75) is 154 Å². The summed E-state index contributed by atoms with van der Waals surface area (Å²) in [7, 11) is 4.32. The number of carbonyl (C=O) groups is 1. The van der Waals surface area contributed by atoms with Crippen molar-refractivity contribution in [3.05, 3.63) is 0 Å². The molecule has 0 spiro atoms. The molecule has 1 unspecified atom stereocenters. The van der Waals surface area contributed by atoms with Crippen molar-refractivity contribution < 1.29 is 19.5 Å². The van der Waals surface area contributed by atoms with Crippen LogP contribution in [0.4, 0.5) is 0 Å². The zero-order chi connectivity index (χ0) is 24.8. The molecule has 33 heavy (non-hydrogen) atoms. The lowest BCUT2D eigenvalue weighted by Crippen LogP contribution is -2.52. The van der Waals surface area contributed by atoms with Crippen LogP contribution in [0.25, 0.3) is 0 Å². The van der Waals surface area contributed by atoms with Gasteiger partial charge in [0.05, 0.1) is 20.6 Å². The van der Waals surface area contributed by atoms with Gasteiger partial charge in [0, 0.05) is 6.42 Å². The molecule has 0 amide bonds. The number of carboxylic acid groups (broad SMARTS) is 1. The number of unbranched alkanes of at least 4 members (excludes halogenated alkanes) is 16. The van der Waals surface area contributed by atoms with Crippen LogP contribution in [0.5, 0.6) is 0 Å².